The molecule has 2 N–H and O–H groups in total. The van der Waals surface area contributed by atoms with Gasteiger partial charge >= 0.3 is 5.97 Å². The Bertz CT molecular complexity index is 939. The summed E-state index contributed by atoms with van der Waals surface area (Å²) in [6, 6.07) is 20.6. The molecule has 0 saturated carbocycles. The van der Waals surface area contributed by atoms with Crippen molar-refractivity contribution in [2.24, 2.45) is 0 Å². The zero-order chi connectivity index (χ0) is 17.8. The molecule has 0 aromatic heterocycles. The molecule has 0 radical (unpaired) electrons. The van der Waals surface area contributed by atoms with Crippen molar-refractivity contribution in [1.29, 1.82) is 0 Å². The molecular formula is C20H14ClNO3. The quantitative estimate of drug-likeness (QED) is 0.698. The van der Waals surface area contributed by atoms with Crippen molar-refractivity contribution >= 4 is 29.2 Å². The van der Waals surface area contributed by atoms with Crippen LogP contribution in [0.3, 0.4) is 0 Å². The summed E-state index contributed by atoms with van der Waals surface area (Å²) in [5.74, 6) is -1.49. The topological polar surface area (TPSA) is 66.4 Å². The fourth-order valence-corrected chi connectivity index (χ4v) is 2.73. The molecule has 0 atom stereocenters. The van der Waals surface area contributed by atoms with Crippen molar-refractivity contribution in [2.45, 2.75) is 0 Å². The first-order valence-corrected chi connectivity index (χ1v) is 7.92. The molecule has 0 heterocycles. The fourth-order valence-electron chi connectivity index (χ4n) is 2.48. The van der Waals surface area contributed by atoms with Crippen LogP contribution >= 0.6 is 11.6 Å². The fraction of sp³-hybridized carbons (Fsp3) is 0. The number of amides is 1. The van der Waals surface area contributed by atoms with Gasteiger partial charge in [-0.05, 0) is 35.9 Å². The number of nitrogens with one attached hydrogen (secondary N) is 1. The van der Waals surface area contributed by atoms with Gasteiger partial charge in [0.1, 0.15) is 0 Å². The monoisotopic (exact) mass is 351 g/mol. The Morgan fingerprint density at radius 1 is 0.880 bits per heavy atom. The number of hydrogen-bond acceptors (Lipinski definition) is 2. The maximum Gasteiger partial charge on any atom is 0.337 e. The van der Waals surface area contributed by atoms with Crippen molar-refractivity contribution in [3.8, 4) is 11.1 Å². The molecule has 5 heteroatoms. The van der Waals surface area contributed by atoms with Crippen LogP contribution < -0.4 is 5.32 Å². The van der Waals surface area contributed by atoms with Gasteiger partial charge in [-0.25, -0.2) is 4.79 Å². The van der Waals surface area contributed by atoms with Crippen molar-refractivity contribution in [3.05, 3.63) is 88.9 Å². The first-order valence-electron chi connectivity index (χ1n) is 7.55. The van der Waals surface area contributed by atoms with Gasteiger partial charge in [-0.2, -0.15) is 0 Å². The second-order valence-corrected chi connectivity index (χ2v) is 5.77. The maximum absolute atomic E-state index is 12.4. The number of carboxylic acid groups (broad SMARTS) is 1. The Morgan fingerprint density at radius 2 is 1.56 bits per heavy atom. The van der Waals surface area contributed by atoms with Gasteiger partial charge in [-0.3, -0.25) is 4.79 Å². The smallest absolute Gasteiger partial charge is 0.337 e. The minimum Gasteiger partial charge on any atom is -0.478 e. The molecular weight excluding hydrogens is 338 g/mol. The van der Waals surface area contributed by atoms with E-state index < -0.39 is 5.97 Å². The van der Waals surface area contributed by atoms with E-state index in [1.807, 2.05) is 18.2 Å². The summed E-state index contributed by atoms with van der Waals surface area (Å²) in [4.78, 5) is 23.9. The first kappa shape index (κ1) is 16.7. The number of halogens is 1. The van der Waals surface area contributed by atoms with Crippen LogP contribution in [0.1, 0.15) is 20.7 Å². The average Bonchev–Trinajstić information content (AvgIpc) is 2.62. The first-order chi connectivity index (χ1) is 12.1. The van der Waals surface area contributed by atoms with E-state index in [2.05, 4.69) is 5.32 Å². The molecule has 1 amide bonds. The lowest BCUT2D eigenvalue weighted by molar-refractivity contribution is 0.0698. The number of carbonyl (C=O) groups excluding carboxylic acids is 1. The molecule has 0 fully saturated rings. The van der Waals surface area contributed by atoms with Gasteiger partial charge in [-0.15, -0.1) is 0 Å². The Balaban J connectivity index is 2.01. The highest BCUT2D eigenvalue weighted by Gasteiger charge is 2.15. The van der Waals surface area contributed by atoms with Crippen molar-refractivity contribution < 1.29 is 14.7 Å². The van der Waals surface area contributed by atoms with E-state index in [9.17, 15) is 14.7 Å². The van der Waals surface area contributed by atoms with E-state index in [-0.39, 0.29) is 17.2 Å². The minimum atomic E-state index is -1.12. The lowest BCUT2D eigenvalue weighted by atomic mass is 10.0. The number of hydrogen-bond donors (Lipinski definition) is 2. The van der Waals surface area contributed by atoms with Gasteiger partial charge in [0.2, 0.25) is 0 Å². The van der Waals surface area contributed by atoms with Crippen LogP contribution in [0.15, 0.2) is 72.8 Å². The van der Waals surface area contributed by atoms with E-state index >= 15 is 0 Å². The van der Waals surface area contributed by atoms with E-state index in [1.54, 1.807) is 48.5 Å². The third kappa shape index (κ3) is 3.70. The number of carboxylic acids is 1. The van der Waals surface area contributed by atoms with Crippen LogP contribution in [-0.2, 0) is 0 Å². The van der Waals surface area contributed by atoms with Crippen LogP contribution in [0.5, 0.6) is 0 Å². The number of anilines is 1. The molecule has 3 aromatic carbocycles. The van der Waals surface area contributed by atoms with Gasteiger partial charge in [0.05, 0.1) is 11.3 Å². The number of benzene rings is 3. The lowest BCUT2D eigenvalue weighted by Gasteiger charge is -2.12. The standard InChI is InChI=1S/C20H14ClNO3/c21-17-9-5-4-8-15(17)14-10-11-16(20(24)25)18(12-14)22-19(23)13-6-2-1-3-7-13/h1-12H,(H,22,23)(H,24,25). The van der Waals surface area contributed by atoms with Gasteiger partial charge in [0.15, 0.2) is 0 Å². The van der Waals surface area contributed by atoms with Crippen LogP contribution in [0.4, 0.5) is 5.69 Å². The second-order valence-electron chi connectivity index (χ2n) is 5.37. The molecule has 4 nitrogen and oxygen atoms in total. The predicted octanol–water partition coefficient (Wildman–Crippen LogP) is 4.96. The van der Waals surface area contributed by atoms with E-state index in [0.29, 0.717) is 10.6 Å². The highest BCUT2D eigenvalue weighted by atomic mass is 35.5. The summed E-state index contributed by atoms with van der Waals surface area (Å²) in [5.41, 5.74) is 2.16. The van der Waals surface area contributed by atoms with E-state index in [4.69, 9.17) is 11.6 Å². The molecule has 0 aliphatic heterocycles. The van der Waals surface area contributed by atoms with Gasteiger partial charge in [0.25, 0.3) is 5.91 Å². The van der Waals surface area contributed by atoms with Crippen molar-refractivity contribution in [3.63, 3.8) is 0 Å². The molecule has 0 unspecified atom stereocenters. The van der Waals surface area contributed by atoms with E-state index in [1.165, 1.54) is 6.07 Å². The molecule has 0 spiro atoms. The predicted molar refractivity (Wildman–Crippen MR) is 98.2 cm³/mol. The van der Waals surface area contributed by atoms with Gasteiger partial charge < -0.3 is 10.4 Å². The van der Waals surface area contributed by atoms with Crippen LogP contribution in [0.2, 0.25) is 5.02 Å². The summed E-state index contributed by atoms with van der Waals surface area (Å²) in [5, 5.41) is 12.6. The molecule has 0 aliphatic rings. The number of aromatic carboxylic acids is 1. The summed E-state index contributed by atoms with van der Waals surface area (Å²) < 4.78 is 0. The summed E-state index contributed by atoms with van der Waals surface area (Å²) in [6.45, 7) is 0. The SMILES string of the molecule is O=C(Nc1cc(-c2ccccc2Cl)ccc1C(=O)O)c1ccccc1. The second kappa shape index (κ2) is 7.20. The number of carbonyl (C=O) groups is 2. The van der Waals surface area contributed by atoms with Crippen LogP contribution in [0, 0.1) is 0 Å². The summed E-state index contributed by atoms with van der Waals surface area (Å²) in [7, 11) is 0. The van der Waals surface area contributed by atoms with Crippen LogP contribution in [0.25, 0.3) is 11.1 Å². The third-order valence-corrected chi connectivity index (χ3v) is 4.05. The summed E-state index contributed by atoms with van der Waals surface area (Å²) >= 11 is 6.21. The third-order valence-electron chi connectivity index (χ3n) is 3.72. The highest BCUT2D eigenvalue weighted by Crippen LogP contribution is 2.31. The molecule has 3 aromatic rings. The lowest BCUT2D eigenvalue weighted by Crippen LogP contribution is -2.14. The Hall–Kier alpha value is -3.11. The Morgan fingerprint density at radius 3 is 2.24 bits per heavy atom. The maximum atomic E-state index is 12.4. The minimum absolute atomic E-state index is 0.0140. The van der Waals surface area contributed by atoms with Crippen molar-refractivity contribution in [1.82, 2.24) is 0 Å². The molecule has 25 heavy (non-hydrogen) atoms. The van der Waals surface area contributed by atoms with Gasteiger partial charge in [-0.1, -0.05) is 54.1 Å². The summed E-state index contributed by atoms with van der Waals surface area (Å²) in [6.07, 6.45) is 0. The van der Waals surface area contributed by atoms with Crippen LogP contribution in [-0.4, -0.2) is 17.0 Å². The Kier molecular flexibility index (Phi) is 4.82. The zero-order valence-electron chi connectivity index (χ0n) is 13.1. The van der Waals surface area contributed by atoms with Crippen molar-refractivity contribution in [2.75, 3.05) is 5.32 Å². The molecule has 3 rings (SSSR count). The molecule has 0 aliphatic carbocycles. The van der Waals surface area contributed by atoms with E-state index in [0.717, 1.165) is 11.1 Å². The molecule has 0 saturated heterocycles. The molecule has 124 valence electrons. The number of rotatable bonds is 4. The normalized spacial score (nSPS) is 10.3. The van der Waals surface area contributed by atoms with Gasteiger partial charge in [0, 0.05) is 16.1 Å². The largest absolute Gasteiger partial charge is 0.478 e. The highest BCUT2D eigenvalue weighted by molar-refractivity contribution is 6.33. The zero-order valence-corrected chi connectivity index (χ0v) is 13.8. The average molecular weight is 352 g/mol. The molecule has 0 bridgehead atoms. The Labute approximate surface area is 149 Å².